The van der Waals surface area contributed by atoms with Gasteiger partial charge in [-0.3, -0.25) is 5.01 Å². The fraction of sp³-hybridized carbons (Fsp3) is 0.333. The van der Waals surface area contributed by atoms with Crippen molar-refractivity contribution in [3.63, 3.8) is 0 Å². The minimum Gasteiger partial charge on any atom is -0.394 e. The fourth-order valence-corrected chi connectivity index (χ4v) is 0.237. The van der Waals surface area contributed by atoms with Crippen molar-refractivity contribution in [3.05, 3.63) is 12.5 Å². The maximum Gasteiger partial charge on any atom is 0.140 e. The number of hydrogen-bond acceptors (Lipinski definition) is 3. The monoisotopic (exact) mass is 85.0 g/mol. The Balaban J connectivity index is 2.38. The summed E-state index contributed by atoms with van der Waals surface area (Å²) in [7, 11) is 1.80. The summed E-state index contributed by atoms with van der Waals surface area (Å²) in [6, 6.07) is 0. The Kier molecular flexibility index (Phi) is 0.686. The predicted molar refractivity (Wildman–Crippen MR) is 19.8 cm³/mol. The molecule has 3 heteroatoms. The molecule has 1 aliphatic heterocycles. The van der Waals surface area contributed by atoms with Crippen LogP contribution in [0.3, 0.4) is 0 Å². The zero-order valence-electron chi connectivity index (χ0n) is 3.43. The SMILES string of the molecule is CN1[C]=CON1. The Labute approximate surface area is 36.1 Å². The third-order valence-corrected chi connectivity index (χ3v) is 0.495. The van der Waals surface area contributed by atoms with E-state index in [9.17, 15) is 0 Å². The molecule has 0 fully saturated rings. The summed E-state index contributed by atoms with van der Waals surface area (Å²) in [6.07, 6.45) is 4.14. The first-order chi connectivity index (χ1) is 2.89. The van der Waals surface area contributed by atoms with Gasteiger partial charge in [0.1, 0.15) is 12.5 Å². The lowest BCUT2D eigenvalue weighted by molar-refractivity contribution is 0.0498. The van der Waals surface area contributed by atoms with Crippen LogP contribution in [0.2, 0.25) is 0 Å². The fourth-order valence-electron chi connectivity index (χ4n) is 0.237. The van der Waals surface area contributed by atoms with E-state index in [0.717, 1.165) is 0 Å². The number of rotatable bonds is 0. The van der Waals surface area contributed by atoms with Gasteiger partial charge in [-0.15, -0.1) is 0 Å². The summed E-state index contributed by atoms with van der Waals surface area (Å²) in [5.41, 5.74) is 2.49. The van der Waals surface area contributed by atoms with Crippen LogP contribution in [-0.4, -0.2) is 12.1 Å². The first kappa shape index (κ1) is 3.49. The average Bonchev–Trinajstić information content (AvgIpc) is 1.86. The molecule has 3 nitrogen and oxygen atoms in total. The molecule has 1 aliphatic rings. The molecule has 0 spiro atoms. The smallest absolute Gasteiger partial charge is 0.140 e. The Bertz CT molecular complexity index is 71.2. The highest BCUT2D eigenvalue weighted by atomic mass is 16.7. The topological polar surface area (TPSA) is 24.5 Å². The van der Waals surface area contributed by atoms with Crippen molar-refractivity contribution in [2.75, 3.05) is 7.05 Å². The van der Waals surface area contributed by atoms with Gasteiger partial charge < -0.3 is 4.84 Å². The van der Waals surface area contributed by atoms with Crippen molar-refractivity contribution in [3.8, 4) is 0 Å². The molecule has 0 unspecified atom stereocenters. The van der Waals surface area contributed by atoms with E-state index in [1.165, 1.54) is 6.26 Å². The van der Waals surface area contributed by atoms with E-state index in [0.29, 0.717) is 0 Å². The molecule has 0 aromatic heterocycles. The number of nitrogens with one attached hydrogen (secondary N) is 1. The van der Waals surface area contributed by atoms with E-state index in [1.54, 1.807) is 12.1 Å². The first-order valence-electron chi connectivity index (χ1n) is 1.62. The second-order valence-corrected chi connectivity index (χ2v) is 1.02. The summed E-state index contributed by atoms with van der Waals surface area (Å²) >= 11 is 0. The summed E-state index contributed by atoms with van der Waals surface area (Å²) in [5, 5.41) is 1.58. The predicted octanol–water partition coefficient (Wildman–Crippen LogP) is -0.358. The third kappa shape index (κ3) is 0.440. The van der Waals surface area contributed by atoms with E-state index in [1.807, 2.05) is 0 Å². The van der Waals surface area contributed by atoms with Gasteiger partial charge >= 0.3 is 0 Å². The van der Waals surface area contributed by atoms with Crippen LogP contribution < -0.4 is 5.59 Å². The van der Waals surface area contributed by atoms with E-state index in [-0.39, 0.29) is 0 Å². The standard InChI is InChI=1S/C3H5N2O/c1-5-2-3-6-4-5/h3-4H,1H3. The Morgan fingerprint density at radius 1 is 2.00 bits per heavy atom. The molecule has 0 aromatic carbocycles. The number of hydrogen-bond donors (Lipinski definition) is 1. The van der Waals surface area contributed by atoms with Crippen molar-refractivity contribution >= 4 is 0 Å². The summed E-state index contributed by atoms with van der Waals surface area (Å²) in [4.78, 5) is 4.50. The van der Waals surface area contributed by atoms with Gasteiger partial charge in [-0.05, 0) is 0 Å². The number of hydrazine groups is 1. The molecule has 0 atom stereocenters. The van der Waals surface area contributed by atoms with Gasteiger partial charge in [-0.2, -0.15) is 0 Å². The van der Waals surface area contributed by atoms with E-state index in [4.69, 9.17) is 0 Å². The Hall–Kier alpha value is -0.700. The van der Waals surface area contributed by atoms with Crippen LogP contribution in [0.4, 0.5) is 0 Å². The molecule has 1 N–H and O–H groups in total. The van der Waals surface area contributed by atoms with Crippen LogP contribution >= 0.6 is 0 Å². The van der Waals surface area contributed by atoms with E-state index in [2.05, 4.69) is 16.6 Å². The van der Waals surface area contributed by atoms with Crippen LogP contribution in [0.15, 0.2) is 6.26 Å². The molecular formula is C3H5N2O. The lowest BCUT2D eigenvalue weighted by atomic mass is 10.9. The van der Waals surface area contributed by atoms with Crippen LogP contribution in [0, 0.1) is 6.20 Å². The van der Waals surface area contributed by atoms with Gasteiger partial charge in [0.2, 0.25) is 0 Å². The first-order valence-corrected chi connectivity index (χ1v) is 1.62. The van der Waals surface area contributed by atoms with Crippen molar-refractivity contribution < 1.29 is 4.84 Å². The minimum atomic E-state index is 1.44. The maximum atomic E-state index is 4.50. The normalized spacial score (nSPS) is 18.5. The molecule has 6 heavy (non-hydrogen) atoms. The highest BCUT2D eigenvalue weighted by molar-refractivity contribution is 4.61. The molecule has 0 aromatic rings. The van der Waals surface area contributed by atoms with Gasteiger partial charge in [0.05, 0.1) is 0 Å². The third-order valence-electron chi connectivity index (χ3n) is 0.495. The van der Waals surface area contributed by atoms with E-state index >= 15 is 0 Å². The van der Waals surface area contributed by atoms with Crippen molar-refractivity contribution in [1.29, 1.82) is 0 Å². The van der Waals surface area contributed by atoms with Gasteiger partial charge in [0.25, 0.3) is 0 Å². The zero-order chi connectivity index (χ0) is 4.41. The van der Waals surface area contributed by atoms with Crippen LogP contribution in [0.5, 0.6) is 0 Å². The molecular weight excluding hydrogens is 80.0 g/mol. The van der Waals surface area contributed by atoms with Gasteiger partial charge in [-0.25, -0.2) is 0 Å². The molecule has 0 aliphatic carbocycles. The second-order valence-electron chi connectivity index (χ2n) is 1.02. The molecule has 0 bridgehead atoms. The average molecular weight is 85.1 g/mol. The molecule has 1 rings (SSSR count). The van der Waals surface area contributed by atoms with Gasteiger partial charge in [-0.1, -0.05) is 5.59 Å². The van der Waals surface area contributed by atoms with Crippen LogP contribution in [0.1, 0.15) is 0 Å². The summed E-state index contributed by atoms with van der Waals surface area (Å²) in [6.45, 7) is 0. The maximum absolute atomic E-state index is 4.50. The second kappa shape index (κ2) is 1.18. The number of nitrogens with zero attached hydrogens (tertiary/aromatic N) is 1. The lowest BCUT2D eigenvalue weighted by Crippen LogP contribution is -2.22. The lowest BCUT2D eigenvalue weighted by Gasteiger charge is -2.01. The minimum absolute atomic E-state index is 1.44. The quantitative estimate of drug-likeness (QED) is 0.435. The Morgan fingerprint density at radius 2 is 2.83 bits per heavy atom. The molecule has 0 saturated carbocycles. The highest BCUT2D eigenvalue weighted by Crippen LogP contribution is 1.84. The van der Waals surface area contributed by atoms with Crippen LogP contribution in [-0.2, 0) is 4.84 Å². The summed E-state index contributed by atoms with van der Waals surface area (Å²) in [5.74, 6) is 0. The van der Waals surface area contributed by atoms with Crippen LogP contribution in [0.25, 0.3) is 0 Å². The molecule has 1 radical (unpaired) electrons. The zero-order valence-corrected chi connectivity index (χ0v) is 3.43. The molecule has 1 heterocycles. The van der Waals surface area contributed by atoms with Gasteiger partial charge in [0.15, 0.2) is 0 Å². The molecule has 0 amide bonds. The van der Waals surface area contributed by atoms with Crippen molar-refractivity contribution in [2.24, 2.45) is 0 Å². The van der Waals surface area contributed by atoms with Crippen molar-refractivity contribution in [2.45, 2.75) is 0 Å². The van der Waals surface area contributed by atoms with Crippen molar-refractivity contribution in [1.82, 2.24) is 10.6 Å². The van der Waals surface area contributed by atoms with E-state index < -0.39 is 0 Å². The summed E-state index contributed by atoms with van der Waals surface area (Å²) < 4.78 is 0. The molecule has 33 valence electrons. The largest absolute Gasteiger partial charge is 0.394 e. The Morgan fingerprint density at radius 3 is 3.00 bits per heavy atom. The molecule has 0 saturated heterocycles. The van der Waals surface area contributed by atoms with Gasteiger partial charge in [0, 0.05) is 7.05 Å². The highest BCUT2D eigenvalue weighted by Gasteiger charge is 1.92.